The van der Waals surface area contributed by atoms with Gasteiger partial charge in [0.15, 0.2) is 0 Å². The summed E-state index contributed by atoms with van der Waals surface area (Å²) in [6, 6.07) is 15.0. The normalized spacial score (nSPS) is 12.2. The van der Waals surface area contributed by atoms with Crippen molar-refractivity contribution in [2.75, 3.05) is 0 Å². The SMILES string of the molecule is CCCCCCCCCCCCC[C@H](NC(C)=O)c1cccc2ccccc12. The Labute approximate surface area is 172 Å². The number of amides is 1. The van der Waals surface area contributed by atoms with E-state index < -0.39 is 0 Å². The number of nitrogens with one attached hydrogen (secondary N) is 1. The zero-order valence-electron chi connectivity index (χ0n) is 18.0. The van der Waals surface area contributed by atoms with Crippen LogP contribution in [-0.4, -0.2) is 5.91 Å². The summed E-state index contributed by atoms with van der Waals surface area (Å²) in [4.78, 5) is 11.8. The Kier molecular flexibility index (Phi) is 10.7. The third-order valence-electron chi connectivity index (χ3n) is 5.67. The molecule has 1 N–H and O–H groups in total. The molecule has 2 aromatic carbocycles. The molecule has 0 heterocycles. The van der Waals surface area contributed by atoms with Gasteiger partial charge in [-0.05, 0) is 22.8 Å². The minimum absolute atomic E-state index is 0.0565. The maximum atomic E-state index is 11.8. The Balaban J connectivity index is 1.74. The molecule has 28 heavy (non-hydrogen) atoms. The molecule has 0 spiro atoms. The van der Waals surface area contributed by atoms with E-state index in [0.29, 0.717) is 0 Å². The fraction of sp³-hybridized carbons (Fsp3) is 0.577. The van der Waals surface area contributed by atoms with Gasteiger partial charge in [0, 0.05) is 6.92 Å². The molecule has 0 aliphatic rings. The molecule has 0 bridgehead atoms. The Morgan fingerprint density at radius 3 is 2.00 bits per heavy atom. The molecule has 2 aromatic rings. The van der Waals surface area contributed by atoms with Crippen LogP contribution in [0.1, 0.15) is 103 Å². The minimum atomic E-state index is 0.0565. The number of benzene rings is 2. The number of carbonyl (C=O) groups is 1. The summed E-state index contributed by atoms with van der Waals surface area (Å²) >= 11 is 0. The number of rotatable bonds is 14. The van der Waals surface area contributed by atoms with Crippen LogP contribution in [0.15, 0.2) is 42.5 Å². The highest BCUT2D eigenvalue weighted by Crippen LogP contribution is 2.28. The molecule has 0 saturated carbocycles. The van der Waals surface area contributed by atoms with Crippen molar-refractivity contribution in [2.24, 2.45) is 0 Å². The van der Waals surface area contributed by atoms with E-state index in [0.717, 1.165) is 6.42 Å². The van der Waals surface area contributed by atoms with Gasteiger partial charge >= 0.3 is 0 Å². The molecular weight excluding hydrogens is 342 g/mol. The van der Waals surface area contributed by atoms with Crippen molar-refractivity contribution < 1.29 is 4.79 Å². The van der Waals surface area contributed by atoms with Crippen LogP contribution in [0.4, 0.5) is 0 Å². The van der Waals surface area contributed by atoms with Crippen molar-refractivity contribution in [3.05, 3.63) is 48.0 Å². The monoisotopic (exact) mass is 381 g/mol. The lowest BCUT2D eigenvalue weighted by atomic mass is 9.94. The van der Waals surface area contributed by atoms with Crippen molar-refractivity contribution in [2.45, 2.75) is 96.9 Å². The summed E-state index contributed by atoms with van der Waals surface area (Å²) < 4.78 is 0. The van der Waals surface area contributed by atoms with Gasteiger partial charge in [-0.15, -0.1) is 0 Å². The highest BCUT2D eigenvalue weighted by atomic mass is 16.1. The quantitative estimate of drug-likeness (QED) is 0.333. The summed E-state index contributed by atoms with van der Waals surface area (Å²) in [6.45, 7) is 3.90. The Morgan fingerprint density at radius 1 is 0.786 bits per heavy atom. The molecule has 2 nitrogen and oxygen atoms in total. The smallest absolute Gasteiger partial charge is 0.217 e. The number of carbonyl (C=O) groups excluding carboxylic acids is 1. The molecule has 0 aromatic heterocycles. The lowest BCUT2D eigenvalue weighted by Gasteiger charge is -2.20. The first-order valence-corrected chi connectivity index (χ1v) is 11.5. The van der Waals surface area contributed by atoms with E-state index >= 15 is 0 Å². The number of unbranched alkanes of at least 4 members (excludes halogenated alkanes) is 10. The molecule has 2 rings (SSSR count). The fourth-order valence-corrected chi connectivity index (χ4v) is 4.12. The number of hydrogen-bond acceptors (Lipinski definition) is 1. The van der Waals surface area contributed by atoms with Crippen molar-refractivity contribution in [1.82, 2.24) is 5.32 Å². The van der Waals surface area contributed by atoms with Crippen LogP contribution in [0.3, 0.4) is 0 Å². The standard InChI is InChI=1S/C26H39NO/c1-3-4-5-6-7-8-9-10-11-12-13-21-26(27-22(2)28)25-20-16-18-23-17-14-15-19-24(23)25/h14-20,26H,3-13,21H2,1-2H3,(H,27,28)/t26-/m0/s1. The van der Waals surface area contributed by atoms with E-state index in [-0.39, 0.29) is 11.9 Å². The summed E-state index contributed by atoms with van der Waals surface area (Å²) in [5.41, 5.74) is 1.25. The van der Waals surface area contributed by atoms with Crippen LogP contribution < -0.4 is 5.32 Å². The predicted molar refractivity (Wildman–Crippen MR) is 122 cm³/mol. The zero-order valence-corrected chi connectivity index (χ0v) is 18.0. The average Bonchev–Trinajstić information content (AvgIpc) is 2.70. The zero-order chi connectivity index (χ0) is 20.0. The molecule has 0 fully saturated rings. The second-order valence-corrected chi connectivity index (χ2v) is 8.15. The van der Waals surface area contributed by atoms with Gasteiger partial charge in [-0.1, -0.05) is 120 Å². The molecule has 0 aliphatic heterocycles. The second-order valence-electron chi connectivity index (χ2n) is 8.15. The molecule has 2 heteroatoms. The first-order valence-electron chi connectivity index (χ1n) is 11.5. The summed E-state index contributed by atoms with van der Waals surface area (Å²) in [6.07, 6.45) is 15.9. The van der Waals surface area contributed by atoms with Gasteiger partial charge in [-0.2, -0.15) is 0 Å². The van der Waals surface area contributed by atoms with E-state index in [4.69, 9.17) is 0 Å². The van der Waals surface area contributed by atoms with Crippen molar-refractivity contribution in [3.63, 3.8) is 0 Å². The van der Waals surface area contributed by atoms with Gasteiger partial charge in [0.05, 0.1) is 6.04 Å². The molecule has 1 amide bonds. The van der Waals surface area contributed by atoms with Crippen molar-refractivity contribution >= 4 is 16.7 Å². The lowest BCUT2D eigenvalue weighted by molar-refractivity contribution is -0.119. The van der Waals surface area contributed by atoms with E-state index in [1.54, 1.807) is 6.92 Å². The third-order valence-corrected chi connectivity index (χ3v) is 5.67. The van der Waals surface area contributed by atoms with Crippen LogP contribution in [0, 0.1) is 0 Å². The first-order chi connectivity index (χ1) is 13.7. The topological polar surface area (TPSA) is 29.1 Å². The summed E-state index contributed by atoms with van der Waals surface area (Å²) in [5, 5.41) is 5.69. The van der Waals surface area contributed by atoms with Crippen LogP contribution >= 0.6 is 0 Å². The highest BCUT2D eigenvalue weighted by Gasteiger charge is 2.15. The minimum Gasteiger partial charge on any atom is -0.350 e. The van der Waals surface area contributed by atoms with E-state index in [1.165, 1.54) is 87.0 Å². The summed E-state index contributed by atoms with van der Waals surface area (Å²) in [7, 11) is 0. The number of fused-ring (bicyclic) bond motifs is 1. The maximum Gasteiger partial charge on any atom is 0.217 e. The molecular formula is C26H39NO. The molecule has 0 unspecified atom stereocenters. The van der Waals surface area contributed by atoms with Gasteiger partial charge in [-0.3, -0.25) is 4.79 Å². The molecule has 0 aliphatic carbocycles. The van der Waals surface area contributed by atoms with Gasteiger partial charge in [0.25, 0.3) is 0 Å². The second kappa shape index (κ2) is 13.4. The largest absolute Gasteiger partial charge is 0.350 e. The van der Waals surface area contributed by atoms with Gasteiger partial charge in [0.1, 0.15) is 0 Å². The molecule has 1 atom stereocenters. The van der Waals surface area contributed by atoms with Gasteiger partial charge < -0.3 is 5.32 Å². The van der Waals surface area contributed by atoms with E-state index in [2.05, 4.69) is 54.7 Å². The van der Waals surface area contributed by atoms with Crippen LogP contribution in [0.5, 0.6) is 0 Å². The fourth-order valence-electron chi connectivity index (χ4n) is 4.12. The highest BCUT2D eigenvalue weighted by molar-refractivity contribution is 5.86. The van der Waals surface area contributed by atoms with Crippen LogP contribution in [0.25, 0.3) is 10.8 Å². The average molecular weight is 382 g/mol. The Bertz CT molecular complexity index is 688. The summed E-state index contributed by atoms with van der Waals surface area (Å²) in [5.74, 6) is 0.0565. The van der Waals surface area contributed by atoms with Crippen LogP contribution in [-0.2, 0) is 4.79 Å². The molecule has 0 saturated heterocycles. The lowest BCUT2D eigenvalue weighted by Crippen LogP contribution is -2.26. The Morgan fingerprint density at radius 2 is 1.36 bits per heavy atom. The van der Waals surface area contributed by atoms with E-state index in [1.807, 2.05) is 0 Å². The van der Waals surface area contributed by atoms with Crippen molar-refractivity contribution in [1.29, 1.82) is 0 Å². The van der Waals surface area contributed by atoms with Gasteiger partial charge in [0.2, 0.25) is 5.91 Å². The Hall–Kier alpha value is -1.83. The van der Waals surface area contributed by atoms with Crippen molar-refractivity contribution in [3.8, 4) is 0 Å². The molecule has 0 radical (unpaired) electrons. The predicted octanol–water partition coefficient (Wildman–Crippen LogP) is 7.72. The van der Waals surface area contributed by atoms with Crippen LogP contribution in [0.2, 0.25) is 0 Å². The maximum absolute atomic E-state index is 11.8. The third kappa shape index (κ3) is 8.04. The number of hydrogen-bond donors (Lipinski definition) is 1. The molecule has 154 valence electrons. The van der Waals surface area contributed by atoms with Gasteiger partial charge in [-0.25, -0.2) is 0 Å². The first kappa shape index (κ1) is 22.5. The van der Waals surface area contributed by atoms with E-state index in [9.17, 15) is 4.79 Å².